The highest BCUT2D eigenvalue weighted by Gasteiger charge is 2.45. The van der Waals surface area contributed by atoms with Gasteiger partial charge in [0, 0.05) is 31.5 Å². The van der Waals surface area contributed by atoms with E-state index in [1.165, 1.54) is 0 Å². The van der Waals surface area contributed by atoms with Crippen LogP contribution in [0.4, 0.5) is 0 Å². The highest BCUT2D eigenvalue weighted by molar-refractivity contribution is 5.77. The molecule has 3 atom stereocenters. The number of rotatable bonds is 5. The molecule has 6 nitrogen and oxygen atoms in total. The monoisotopic (exact) mass is 327 g/mol. The largest absolute Gasteiger partial charge is 0.378 e. The van der Waals surface area contributed by atoms with Gasteiger partial charge < -0.3 is 10.1 Å². The second kappa shape index (κ2) is 6.36. The Hall–Kier alpha value is -2.21. The SMILES string of the molecule is O=C(CCCn1cnc2ccccc2c1=O)N[C@@H]1C[C@H]2OCC[C@@H]12. The Bertz CT molecular complexity index is 817. The number of benzene rings is 1. The molecule has 1 aromatic heterocycles. The Balaban J connectivity index is 1.30. The number of para-hydroxylation sites is 1. The second-order valence-corrected chi connectivity index (χ2v) is 6.64. The number of carbonyl (C=O) groups is 1. The van der Waals surface area contributed by atoms with Crippen LogP contribution in [0.5, 0.6) is 0 Å². The minimum Gasteiger partial charge on any atom is -0.378 e. The lowest BCUT2D eigenvalue weighted by Gasteiger charge is -2.39. The summed E-state index contributed by atoms with van der Waals surface area (Å²) < 4.78 is 7.14. The maximum Gasteiger partial charge on any atom is 0.261 e. The van der Waals surface area contributed by atoms with Crippen molar-refractivity contribution in [3.63, 3.8) is 0 Å². The van der Waals surface area contributed by atoms with Crippen molar-refractivity contribution in [2.24, 2.45) is 5.92 Å². The molecular formula is C18H21N3O3. The predicted molar refractivity (Wildman–Crippen MR) is 89.6 cm³/mol. The van der Waals surface area contributed by atoms with Crippen LogP contribution in [0.25, 0.3) is 10.9 Å². The molecule has 24 heavy (non-hydrogen) atoms. The van der Waals surface area contributed by atoms with Crippen molar-refractivity contribution in [2.45, 2.75) is 44.4 Å². The number of aromatic nitrogens is 2. The van der Waals surface area contributed by atoms with Gasteiger partial charge in [-0.3, -0.25) is 14.2 Å². The van der Waals surface area contributed by atoms with Crippen molar-refractivity contribution in [2.75, 3.05) is 6.61 Å². The molecule has 2 aromatic rings. The van der Waals surface area contributed by atoms with Gasteiger partial charge in [0.15, 0.2) is 0 Å². The highest BCUT2D eigenvalue weighted by atomic mass is 16.5. The molecular weight excluding hydrogens is 306 g/mol. The van der Waals surface area contributed by atoms with Crippen molar-refractivity contribution in [1.82, 2.24) is 14.9 Å². The molecule has 1 saturated carbocycles. The summed E-state index contributed by atoms with van der Waals surface area (Å²) >= 11 is 0. The van der Waals surface area contributed by atoms with Gasteiger partial charge in [-0.2, -0.15) is 0 Å². The zero-order valence-electron chi connectivity index (χ0n) is 13.5. The number of amides is 1. The van der Waals surface area contributed by atoms with Crippen LogP contribution in [-0.2, 0) is 16.1 Å². The first-order chi connectivity index (χ1) is 11.7. The molecule has 126 valence electrons. The Labute approximate surface area is 139 Å². The third kappa shape index (κ3) is 2.82. The van der Waals surface area contributed by atoms with E-state index in [4.69, 9.17) is 4.74 Å². The molecule has 1 aliphatic carbocycles. The number of ether oxygens (including phenoxy) is 1. The first kappa shape index (κ1) is 15.3. The first-order valence-electron chi connectivity index (χ1n) is 8.57. The Kier molecular flexibility index (Phi) is 4.06. The molecule has 0 unspecified atom stereocenters. The van der Waals surface area contributed by atoms with Crippen molar-refractivity contribution >= 4 is 16.8 Å². The lowest BCUT2D eigenvalue weighted by atomic mass is 9.76. The average Bonchev–Trinajstić information content (AvgIpc) is 2.96. The number of hydrogen-bond acceptors (Lipinski definition) is 4. The number of nitrogens with zero attached hydrogens (tertiary/aromatic N) is 2. The van der Waals surface area contributed by atoms with Crippen molar-refractivity contribution in [3.05, 3.63) is 40.9 Å². The molecule has 4 rings (SSSR count). The van der Waals surface area contributed by atoms with E-state index in [1.807, 2.05) is 18.2 Å². The van der Waals surface area contributed by atoms with Crippen LogP contribution in [0.1, 0.15) is 25.7 Å². The Morgan fingerprint density at radius 2 is 2.25 bits per heavy atom. The topological polar surface area (TPSA) is 73.2 Å². The van der Waals surface area contributed by atoms with Gasteiger partial charge in [0.25, 0.3) is 5.56 Å². The smallest absolute Gasteiger partial charge is 0.261 e. The van der Waals surface area contributed by atoms with E-state index < -0.39 is 0 Å². The summed E-state index contributed by atoms with van der Waals surface area (Å²) in [5.41, 5.74) is 0.653. The summed E-state index contributed by atoms with van der Waals surface area (Å²) in [6.45, 7) is 1.32. The van der Waals surface area contributed by atoms with E-state index in [-0.39, 0.29) is 17.5 Å². The normalized spacial score (nSPS) is 25.2. The van der Waals surface area contributed by atoms with Gasteiger partial charge in [-0.1, -0.05) is 12.1 Å². The molecule has 6 heteroatoms. The fourth-order valence-electron chi connectivity index (χ4n) is 3.72. The van der Waals surface area contributed by atoms with Crippen molar-refractivity contribution < 1.29 is 9.53 Å². The first-order valence-corrected chi connectivity index (χ1v) is 8.57. The quantitative estimate of drug-likeness (QED) is 0.902. The molecule has 1 N–H and O–H groups in total. The van der Waals surface area contributed by atoms with Crippen LogP contribution in [0, 0.1) is 5.92 Å². The van der Waals surface area contributed by atoms with Crippen LogP contribution in [0.2, 0.25) is 0 Å². The molecule has 0 bridgehead atoms. The van der Waals surface area contributed by atoms with Gasteiger partial charge >= 0.3 is 0 Å². The highest BCUT2D eigenvalue weighted by Crippen LogP contribution is 2.38. The molecule has 1 aromatic carbocycles. The number of aryl methyl sites for hydroxylation is 1. The van der Waals surface area contributed by atoms with Gasteiger partial charge in [0.05, 0.1) is 23.3 Å². The molecule has 1 amide bonds. The zero-order chi connectivity index (χ0) is 16.5. The third-order valence-corrected chi connectivity index (χ3v) is 5.14. The summed E-state index contributed by atoms with van der Waals surface area (Å²) in [6, 6.07) is 7.58. The van der Waals surface area contributed by atoms with E-state index in [2.05, 4.69) is 10.3 Å². The minimum absolute atomic E-state index is 0.0500. The lowest BCUT2D eigenvalue weighted by molar-refractivity contribution is -0.124. The Morgan fingerprint density at radius 1 is 1.38 bits per heavy atom. The number of nitrogens with one attached hydrogen (secondary N) is 1. The van der Waals surface area contributed by atoms with Gasteiger partial charge in [-0.05, 0) is 31.4 Å². The van der Waals surface area contributed by atoms with Crippen LogP contribution in [-0.4, -0.2) is 34.2 Å². The summed E-state index contributed by atoms with van der Waals surface area (Å²) in [5, 5.41) is 3.71. The molecule has 1 saturated heterocycles. The molecule has 2 aliphatic rings. The van der Waals surface area contributed by atoms with E-state index in [0.29, 0.717) is 42.3 Å². The van der Waals surface area contributed by atoms with Crippen LogP contribution < -0.4 is 10.9 Å². The number of carbonyl (C=O) groups excluding carboxylic acids is 1. The van der Waals surface area contributed by atoms with E-state index in [1.54, 1.807) is 17.0 Å². The van der Waals surface area contributed by atoms with Gasteiger partial charge in [0.2, 0.25) is 5.91 Å². The molecule has 2 fully saturated rings. The van der Waals surface area contributed by atoms with E-state index >= 15 is 0 Å². The van der Waals surface area contributed by atoms with E-state index in [0.717, 1.165) is 19.4 Å². The third-order valence-electron chi connectivity index (χ3n) is 5.14. The standard InChI is InChI=1S/C18H21N3O3/c22-17(20-15-10-16-12(15)7-9-24-16)6-3-8-21-11-19-14-5-2-1-4-13(14)18(21)23/h1-2,4-5,11-12,15-16H,3,6-10H2,(H,20,22)/t12-,15+,16+/m0/s1. The fourth-order valence-corrected chi connectivity index (χ4v) is 3.72. The van der Waals surface area contributed by atoms with Crippen molar-refractivity contribution in [3.8, 4) is 0 Å². The maximum atomic E-state index is 12.4. The maximum absolute atomic E-state index is 12.4. The lowest BCUT2D eigenvalue weighted by Crippen LogP contribution is -2.53. The summed E-state index contributed by atoms with van der Waals surface area (Å²) in [5.74, 6) is 0.563. The van der Waals surface area contributed by atoms with Gasteiger partial charge in [-0.15, -0.1) is 0 Å². The van der Waals surface area contributed by atoms with Crippen LogP contribution in [0.15, 0.2) is 35.4 Å². The van der Waals surface area contributed by atoms with E-state index in [9.17, 15) is 9.59 Å². The summed E-state index contributed by atoms with van der Waals surface area (Å²) in [7, 11) is 0. The number of hydrogen-bond donors (Lipinski definition) is 1. The van der Waals surface area contributed by atoms with Crippen LogP contribution >= 0.6 is 0 Å². The van der Waals surface area contributed by atoms with Crippen LogP contribution in [0.3, 0.4) is 0 Å². The molecule has 0 spiro atoms. The fraction of sp³-hybridized carbons (Fsp3) is 0.500. The molecule has 2 heterocycles. The second-order valence-electron chi connectivity index (χ2n) is 6.64. The minimum atomic E-state index is -0.0500. The molecule has 1 aliphatic heterocycles. The zero-order valence-corrected chi connectivity index (χ0v) is 13.5. The molecule has 0 radical (unpaired) electrons. The summed E-state index contributed by atoms with van der Waals surface area (Å²) in [6.07, 6.45) is 4.96. The Morgan fingerprint density at radius 3 is 3.12 bits per heavy atom. The summed E-state index contributed by atoms with van der Waals surface area (Å²) in [4.78, 5) is 28.7. The predicted octanol–water partition coefficient (Wildman–Crippen LogP) is 1.47. The van der Waals surface area contributed by atoms with Gasteiger partial charge in [-0.25, -0.2) is 4.98 Å². The van der Waals surface area contributed by atoms with Crippen molar-refractivity contribution in [1.29, 1.82) is 0 Å². The van der Waals surface area contributed by atoms with Gasteiger partial charge in [0.1, 0.15) is 0 Å². The number of fused-ring (bicyclic) bond motifs is 2. The average molecular weight is 327 g/mol.